The number of amides is 1. The molecule has 0 aromatic carbocycles. The monoisotopic (exact) mass is 212 g/mol. The van der Waals surface area contributed by atoms with Crippen LogP contribution < -0.4 is 5.73 Å². The van der Waals surface area contributed by atoms with Gasteiger partial charge < -0.3 is 15.4 Å². The number of ether oxygens (including phenoxy) is 1. The average Bonchev–Trinajstić information content (AvgIpc) is 2.58. The molecule has 1 heterocycles. The lowest BCUT2D eigenvalue weighted by Crippen LogP contribution is -2.49. The van der Waals surface area contributed by atoms with E-state index in [1.54, 1.807) is 0 Å². The molecule has 0 radical (unpaired) electrons. The highest BCUT2D eigenvalue weighted by Gasteiger charge is 2.46. The maximum Gasteiger partial charge on any atom is 0.410 e. The number of nitrogens with two attached hydrogens (primary N) is 1. The van der Waals surface area contributed by atoms with Crippen molar-refractivity contribution < 1.29 is 9.53 Å². The summed E-state index contributed by atoms with van der Waals surface area (Å²) < 4.78 is 5.35. The first kappa shape index (κ1) is 10.7. The van der Waals surface area contributed by atoms with Crippen LogP contribution in [0.25, 0.3) is 0 Å². The number of fused-ring (bicyclic) bond motifs is 2. The van der Waals surface area contributed by atoms with Crippen LogP contribution in [0.3, 0.4) is 0 Å². The first-order chi connectivity index (χ1) is 6.87. The number of nitrogens with zero attached hydrogens (tertiary/aromatic N) is 1. The van der Waals surface area contributed by atoms with Crippen LogP contribution in [-0.2, 0) is 4.74 Å². The molecule has 1 saturated heterocycles. The van der Waals surface area contributed by atoms with Crippen molar-refractivity contribution in [2.45, 2.75) is 51.3 Å². The molecular formula is C11H20N2O2. The lowest BCUT2D eigenvalue weighted by Gasteiger charge is -2.33. The van der Waals surface area contributed by atoms with E-state index in [9.17, 15) is 4.79 Å². The Morgan fingerprint density at radius 2 is 2.07 bits per heavy atom. The van der Waals surface area contributed by atoms with E-state index in [0.717, 1.165) is 19.4 Å². The van der Waals surface area contributed by atoms with Crippen molar-refractivity contribution in [1.82, 2.24) is 4.90 Å². The molecule has 3 atom stereocenters. The highest BCUT2D eigenvalue weighted by atomic mass is 16.6. The van der Waals surface area contributed by atoms with Gasteiger partial charge in [-0.1, -0.05) is 0 Å². The third kappa shape index (κ3) is 2.09. The van der Waals surface area contributed by atoms with Gasteiger partial charge in [0.1, 0.15) is 5.60 Å². The van der Waals surface area contributed by atoms with Gasteiger partial charge in [0.15, 0.2) is 0 Å². The molecule has 1 unspecified atom stereocenters. The highest BCUT2D eigenvalue weighted by Crippen LogP contribution is 2.37. The SMILES string of the molecule is CC(C)(C)OC(=O)N1C[C@@H]2CC(N)[C@H]1C2. The van der Waals surface area contributed by atoms with Gasteiger partial charge in [0, 0.05) is 12.6 Å². The van der Waals surface area contributed by atoms with Crippen molar-refractivity contribution in [3.05, 3.63) is 0 Å². The van der Waals surface area contributed by atoms with Gasteiger partial charge in [-0.2, -0.15) is 0 Å². The molecule has 1 amide bonds. The Morgan fingerprint density at radius 3 is 2.53 bits per heavy atom. The number of carbonyl (C=O) groups excluding carboxylic acids is 1. The van der Waals surface area contributed by atoms with Gasteiger partial charge in [-0.15, -0.1) is 0 Å². The quantitative estimate of drug-likeness (QED) is 0.659. The molecule has 2 bridgehead atoms. The van der Waals surface area contributed by atoms with Crippen LogP contribution in [0.15, 0.2) is 0 Å². The number of piperidine rings is 1. The Bertz CT molecular complexity index is 272. The van der Waals surface area contributed by atoms with Crippen molar-refractivity contribution in [3.8, 4) is 0 Å². The standard InChI is InChI=1S/C11H20N2O2/c1-11(2,3)15-10(14)13-6-7-4-8(12)9(13)5-7/h7-9H,4-6,12H2,1-3H3/t7-,8?,9-/m1/s1. The van der Waals surface area contributed by atoms with Crippen molar-refractivity contribution in [2.24, 2.45) is 11.7 Å². The molecule has 1 aliphatic heterocycles. The fourth-order valence-electron chi connectivity index (χ4n) is 2.61. The summed E-state index contributed by atoms with van der Waals surface area (Å²) in [4.78, 5) is 13.7. The molecule has 2 fully saturated rings. The largest absolute Gasteiger partial charge is 0.444 e. The first-order valence-electron chi connectivity index (χ1n) is 5.62. The van der Waals surface area contributed by atoms with Gasteiger partial charge in [0.05, 0.1) is 6.04 Å². The van der Waals surface area contributed by atoms with Crippen LogP contribution in [0.1, 0.15) is 33.6 Å². The zero-order valence-corrected chi connectivity index (χ0v) is 9.69. The lowest BCUT2D eigenvalue weighted by molar-refractivity contribution is 0.0172. The number of likely N-dealkylation sites (tertiary alicyclic amines) is 1. The van der Waals surface area contributed by atoms with Gasteiger partial charge in [-0.3, -0.25) is 0 Å². The number of hydrogen-bond donors (Lipinski definition) is 1. The summed E-state index contributed by atoms with van der Waals surface area (Å²) in [5, 5.41) is 0. The number of rotatable bonds is 0. The summed E-state index contributed by atoms with van der Waals surface area (Å²) in [7, 11) is 0. The zero-order valence-electron chi connectivity index (χ0n) is 9.69. The van der Waals surface area contributed by atoms with Crippen LogP contribution in [-0.4, -0.2) is 35.2 Å². The predicted octanol–water partition coefficient (Wildman–Crippen LogP) is 1.34. The van der Waals surface area contributed by atoms with E-state index in [-0.39, 0.29) is 18.2 Å². The second-order valence-corrected chi connectivity index (χ2v) is 5.70. The molecule has 0 aromatic heterocycles. The molecule has 4 heteroatoms. The second kappa shape index (κ2) is 3.37. The zero-order chi connectivity index (χ0) is 11.2. The van der Waals surface area contributed by atoms with Crippen LogP contribution >= 0.6 is 0 Å². The smallest absolute Gasteiger partial charge is 0.410 e. The first-order valence-corrected chi connectivity index (χ1v) is 5.62. The van der Waals surface area contributed by atoms with Gasteiger partial charge in [0.25, 0.3) is 0 Å². The molecule has 1 saturated carbocycles. The van der Waals surface area contributed by atoms with Gasteiger partial charge in [0.2, 0.25) is 0 Å². The summed E-state index contributed by atoms with van der Waals surface area (Å²) in [6.45, 7) is 6.49. The lowest BCUT2D eigenvalue weighted by atomic mass is 10.1. The Labute approximate surface area is 90.8 Å². The van der Waals surface area contributed by atoms with Crippen molar-refractivity contribution in [3.63, 3.8) is 0 Å². The van der Waals surface area contributed by atoms with Gasteiger partial charge in [-0.05, 0) is 39.5 Å². The molecule has 0 spiro atoms. The van der Waals surface area contributed by atoms with Gasteiger partial charge in [-0.25, -0.2) is 4.79 Å². The van der Waals surface area contributed by atoms with Crippen LogP contribution in [0, 0.1) is 5.92 Å². The summed E-state index contributed by atoms with van der Waals surface area (Å²) in [5.74, 6) is 0.595. The van der Waals surface area contributed by atoms with Crippen LogP contribution in [0.4, 0.5) is 4.79 Å². The molecule has 15 heavy (non-hydrogen) atoms. The van der Waals surface area contributed by atoms with Crippen molar-refractivity contribution in [2.75, 3.05) is 6.54 Å². The normalized spacial score (nSPS) is 34.7. The second-order valence-electron chi connectivity index (χ2n) is 5.70. The Hall–Kier alpha value is -0.770. The fourth-order valence-corrected chi connectivity index (χ4v) is 2.61. The van der Waals surface area contributed by atoms with E-state index in [1.807, 2.05) is 25.7 Å². The van der Waals surface area contributed by atoms with Crippen molar-refractivity contribution in [1.29, 1.82) is 0 Å². The summed E-state index contributed by atoms with van der Waals surface area (Å²) in [5.41, 5.74) is 5.55. The molecule has 2 N–H and O–H groups in total. The van der Waals surface area contributed by atoms with Gasteiger partial charge >= 0.3 is 6.09 Å². The molecule has 1 aliphatic carbocycles. The third-order valence-corrected chi connectivity index (χ3v) is 3.16. The number of hydrogen-bond acceptors (Lipinski definition) is 3. The van der Waals surface area contributed by atoms with E-state index in [4.69, 9.17) is 10.5 Å². The van der Waals surface area contributed by atoms with E-state index in [2.05, 4.69) is 0 Å². The van der Waals surface area contributed by atoms with E-state index < -0.39 is 5.60 Å². The summed E-state index contributed by atoms with van der Waals surface area (Å²) in [6, 6.07) is 0.362. The van der Waals surface area contributed by atoms with Crippen molar-refractivity contribution >= 4 is 6.09 Å². The number of carbonyl (C=O) groups is 1. The molecule has 0 aromatic rings. The predicted molar refractivity (Wildman–Crippen MR) is 57.4 cm³/mol. The summed E-state index contributed by atoms with van der Waals surface area (Å²) in [6.07, 6.45) is 1.91. The highest BCUT2D eigenvalue weighted by molar-refractivity contribution is 5.69. The Morgan fingerprint density at radius 1 is 1.40 bits per heavy atom. The molecular weight excluding hydrogens is 192 g/mol. The molecule has 86 valence electrons. The summed E-state index contributed by atoms with van der Waals surface area (Å²) >= 11 is 0. The van der Waals surface area contributed by atoms with E-state index in [1.165, 1.54) is 0 Å². The minimum atomic E-state index is -0.414. The Kier molecular flexibility index (Phi) is 2.41. The topological polar surface area (TPSA) is 55.6 Å². The van der Waals surface area contributed by atoms with E-state index >= 15 is 0 Å². The van der Waals surface area contributed by atoms with E-state index in [0.29, 0.717) is 5.92 Å². The molecule has 2 rings (SSSR count). The maximum atomic E-state index is 11.8. The van der Waals surface area contributed by atoms with Crippen LogP contribution in [0.5, 0.6) is 0 Å². The molecule has 4 nitrogen and oxygen atoms in total. The fraction of sp³-hybridized carbons (Fsp3) is 0.909. The maximum absolute atomic E-state index is 11.8. The minimum Gasteiger partial charge on any atom is -0.444 e. The Balaban J connectivity index is 1.98. The third-order valence-electron chi connectivity index (χ3n) is 3.16. The molecule has 2 aliphatic rings. The minimum absolute atomic E-state index is 0.149. The average molecular weight is 212 g/mol. The van der Waals surface area contributed by atoms with Crippen LogP contribution in [0.2, 0.25) is 0 Å².